The quantitative estimate of drug-likeness (QED) is 0.330. The largest absolute Gasteiger partial charge is 0.375 e. The highest BCUT2D eigenvalue weighted by Crippen LogP contribution is 2.34. The number of fused-ring (bicyclic) bond motifs is 2. The molecule has 2 atom stereocenters. The van der Waals surface area contributed by atoms with Crippen LogP contribution in [0.15, 0.2) is 18.3 Å². The number of halogens is 4. The third-order valence-corrected chi connectivity index (χ3v) is 7.53. The Hall–Kier alpha value is -4.03. The zero-order chi connectivity index (χ0) is 28.2. The highest BCUT2D eigenvalue weighted by atomic mass is 19.3. The second-order valence-corrected chi connectivity index (χ2v) is 10.0. The molecule has 0 saturated carbocycles. The zero-order valence-corrected chi connectivity index (χ0v) is 21.7. The maximum Gasteiger partial charge on any atom is 0.256 e. The van der Waals surface area contributed by atoms with Crippen LogP contribution in [-0.4, -0.2) is 91.6 Å². The average Bonchev–Trinajstić information content (AvgIpc) is 3.39. The van der Waals surface area contributed by atoms with Gasteiger partial charge < -0.3 is 19.9 Å². The van der Waals surface area contributed by atoms with Gasteiger partial charge in [-0.15, -0.1) is 5.10 Å². The number of ether oxygens (including phenoxy) is 1. The monoisotopic (exact) mass is 558 g/mol. The number of imidazole rings is 1. The fraction of sp³-hybridized carbons (Fsp3) is 0.480. The van der Waals surface area contributed by atoms with Gasteiger partial charge in [0.25, 0.3) is 6.43 Å². The first kappa shape index (κ1) is 26.2. The number of nitrogens with zero attached hydrogens (tertiary/aromatic N) is 8. The Morgan fingerprint density at radius 1 is 1.25 bits per heavy atom. The molecule has 2 aliphatic rings. The molecule has 4 aromatic rings. The minimum Gasteiger partial charge on any atom is -0.375 e. The number of aromatic nitrogens is 6. The number of nitriles is 1. The number of alkyl halides is 3. The van der Waals surface area contributed by atoms with E-state index in [-0.39, 0.29) is 53.9 Å². The van der Waals surface area contributed by atoms with Gasteiger partial charge in [-0.3, -0.25) is 4.90 Å². The molecule has 2 saturated heterocycles. The number of rotatable bonds is 7. The zero-order valence-electron chi connectivity index (χ0n) is 21.7. The molecular formula is C25H26F4N10O. The van der Waals surface area contributed by atoms with Crippen molar-refractivity contribution in [2.75, 3.05) is 44.0 Å². The first-order valence-corrected chi connectivity index (χ1v) is 12.8. The molecule has 0 aliphatic carbocycles. The smallest absolute Gasteiger partial charge is 0.256 e. The van der Waals surface area contributed by atoms with Crippen molar-refractivity contribution in [2.24, 2.45) is 0 Å². The third-order valence-electron chi connectivity index (χ3n) is 7.53. The minimum atomic E-state index is -2.61. The van der Waals surface area contributed by atoms with Crippen LogP contribution in [-0.2, 0) is 11.3 Å². The van der Waals surface area contributed by atoms with Crippen LogP contribution in [0.3, 0.4) is 0 Å². The van der Waals surface area contributed by atoms with E-state index in [0.29, 0.717) is 24.3 Å². The molecule has 210 valence electrons. The molecular weight excluding hydrogens is 532 g/mol. The van der Waals surface area contributed by atoms with E-state index in [1.165, 1.54) is 9.08 Å². The van der Waals surface area contributed by atoms with Crippen LogP contribution in [0.25, 0.3) is 27.9 Å². The number of hydrogen-bond acceptors (Lipinski definition) is 9. The second kappa shape index (κ2) is 9.86. The van der Waals surface area contributed by atoms with Gasteiger partial charge in [0, 0.05) is 20.1 Å². The van der Waals surface area contributed by atoms with E-state index in [9.17, 15) is 14.0 Å². The first-order valence-electron chi connectivity index (χ1n) is 12.8. The lowest BCUT2D eigenvalue weighted by Crippen LogP contribution is -2.65. The van der Waals surface area contributed by atoms with E-state index in [2.05, 4.69) is 36.8 Å². The number of piperidine rings is 1. The summed E-state index contributed by atoms with van der Waals surface area (Å²) in [5.41, 5.74) is 0.413. The Morgan fingerprint density at radius 2 is 2.05 bits per heavy atom. The topological polar surface area (TPSA) is 121 Å². The number of anilines is 2. The summed E-state index contributed by atoms with van der Waals surface area (Å²) < 4.78 is 64.7. The van der Waals surface area contributed by atoms with Gasteiger partial charge >= 0.3 is 0 Å². The predicted octanol–water partition coefficient (Wildman–Crippen LogP) is 3.01. The van der Waals surface area contributed by atoms with E-state index in [0.717, 1.165) is 6.20 Å². The van der Waals surface area contributed by atoms with Crippen LogP contribution in [0, 0.1) is 24.1 Å². The SMILES string of the molecule is CNc1nc(N[C@H]2CCN(C3(C#N)COC3)C[C@H]2F)nn2cc(F)c(-c3ccc4nc(C)n(CC(F)F)c4n3)c12. The Morgan fingerprint density at radius 3 is 2.70 bits per heavy atom. The Bertz CT molecular complexity index is 1630. The van der Waals surface area contributed by atoms with Gasteiger partial charge in [0.05, 0.1) is 49.3 Å². The number of hydrogen-bond donors (Lipinski definition) is 2. The number of pyridine rings is 1. The third kappa shape index (κ3) is 4.27. The van der Waals surface area contributed by atoms with Crippen molar-refractivity contribution in [3.63, 3.8) is 0 Å². The van der Waals surface area contributed by atoms with Gasteiger partial charge in [-0.25, -0.2) is 32.0 Å². The molecule has 15 heteroatoms. The standard InChI is InChI=1S/C25H26F4N10O/c1-13-32-18-4-3-17(33-23(18)38(13)9-19(28)29)20-15(27)8-39-21(20)22(31-2)35-24(36-39)34-16-5-6-37(7-14(16)26)25(10-30)11-40-12-25/h3-4,8,14,16,19H,5-7,9,11-12H2,1-2H3,(H2,31,34,35,36)/t14-,16+/m1/s1. The summed E-state index contributed by atoms with van der Waals surface area (Å²) in [5.74, 6) is 0.0829. The summed E-state index contributed by atoms with van der Waals surface area (Å²) in [5, 5.41) is 19.9. The van der Waals surface area contributed by atoms with Gasteiger partial charge in [0.15, 0.2) is 22.8 Å². The number of likely N-dealkylation sites (tertiary alicyclic amines) is 1. The molecule has 6 heterocycles. The maximum atomic E-state index is 15.4. The van der Waals surface area contributed by atoms with Gasteiger partial charge in [-0.05, 0) is 25.5 Å². The van der Waals surface area contributed by atoms with Crippen LogP contribution in [0.2, 0.25) is 0 Å². The summed E-state index contributed by atoms with van der Waals surface area (Å²) in [6.07, 6.45) is -2.35. The summed E-state index contributed by atoms with van der Waals surface area (Å²) in [7, 11) is 1.61. The molecule has 0 spiro atoms. The lowest BCUT2D eigenvalue weighted by molar-refractivity contribution is -0.121. The minimum absolute atomic E-state index is 0.0633. The Kier molecular flexibility index (Phi) is 6.46. The van der Waals surface area contributed by atoms with Gasteiger partial charge in [0.1, 0.15) is 23.0 Å². The number of aryl methyl sites for hydroxylation is 1. The summed E-state index contributed by atoms with van der Waals surface area (Å²) in [6, 6.07) is 4.80. The molecule has 0 radical (unpaired) electrons. The van der Waals surface area contributed by atoms with Crippen molar-refractivity contribution < 1.29 is 22.3 Å². The van der Waals surface area contributed by atoms with Crippen molar-refractivity contribution in [3.05, 3.63) is 30.0 Å². The molecule has 6 rings (SSSR count). The Balaban J connectivity index is 1.31. The van der Waals surface area contributed by atoms with E-state index in [1.54, 1.807) is 26.1 Å². The van der Waals surface area contributed by atoms with Crippen molar-refractivity contribution in [1.29, 1.82) is 5.26 Å². The van der Waals surface area contributed by atoms with Crippen molar-refractivity contribution in [3.8, 4) is 17.3 Å². The molecule has 11 nitrogen and oxygen atoms in total. The highest BCUT2D eigenvalue weighted by Gasteiger charge is 2.48. The number of nitrogens with one attached hydrogen (secondary N) is 2. The molecule has 2 fully saturated rings. The van der Waals surface area contributed by atoms with Crippen LogP contribution in [0.4, 0.5) is 29.3 Å². The molecule has 0 aromatic carbocycles. The first-order chi connectivity index (χ1) is 19.2. The summed E-state index contributed by atoms with van der Waals surface area (Å²) >= 11 is 0. The Labute approximate surface area is 225 Å². The summed E-state index contributed by atoms with van der Waals surface area (Å²) in [6.45, 7) is 2.10. The summed E-state index contributed by atoms with van der Waals surface area (Å²) in [4.78, 5) is 15.0. The molecule has 4 aromatic heterocycles. The molecule has 2 N–H and O–H groups in total. The molecule has 40 heavy (non-hydrogen) atoms. The average molecular weight is 559 g/mol. The van der Waals surface area contributed by atoms with Gasteiger partial charge in [-0.2, -0.15) is 10.2 Å². The van der Waals surface area contributed by atoms with Crippen molar-refractivity contribution in [1.82, 2.24) is 34.0 Å². The second-order valence-electron chi connectivity index (χ2n) is 10.0. The maximum absolute atomic E-state index is 15.4. The van der Waals surface area contributed by atoms with E-state index >= 15 is 8.78 Å². The van der Waals surface area contributed by atoms with Crippen LogP contribution < -0.4 is 10.6 Å². The van der Waals surface area contributed by atoms with E-state index < -0.39 is 36.5 Å². The van der Waals surface area contributed by atoms with Crippen molar-refractivity contribution in [2.45, 2.75) is 44.1 Å². The van der Waals surface area contributed by atoms with Gasteiger partial charge in [0.2, 0.25) is 5.95 Å². The lowest BCUT2D eigenvalue weighted by atomic mass is 9.92. The van der Waals surface area contributed by atoms with Gasteiger partial charge in [-0.1, -0.05) is 0 Å². The fourth-order valence-corrected chi connectivity index (χ4v) is 5.38. The van der Waals surface area contributed by atoms with E-state index in [1.807, 2.05) is 4.90 Å². The molecule has 0 amide bonds. The molecule has 0 unspecified atom stereocenters. The van der Waals surface area contributed by atoms with Crippen LogP contribution >= 0.6 is 0 Å². The highest BCUT2D eigenvalue weighted by molar-refractivity contribution is 5.89. The lowest BCUT2D eigenvalue weighted by Gasteiger charge is -2.48. The predicted molar refractivity (Wildman–Crippen MR) is 137 cm³/mol. The normalized spacial score (nSPS) is 21.1. The molecule has 2 aliphatic heterocycles. The van der Waals surface area contributed by atoms with Crippen LogP contribution in [0.5, 0.6) is 0 Å². The van der Waals surface area contributed by atoms with Crippen molar-refractivity contribution >= 4 is 28.4 Å². The van der Waals surface area contributed by atoms with E-state index in [4.69, 9.17) is 4.74 Å². The molecule has 0 bridgehead atoms. The fourth-order valence-electron chi connectivity index (χ4n) is 5.38. The van der Waals surface area contributed by atoms with Crippen LogP contribution in [0.1, 0.15) is 12.2 Å².